The van der Waals surface area contributed by atoms with E-state index >= 15 is 0 Å². The van der Waals surface area contributed by atoms with Crippen LogP contribution in [0.2, 0.25) is 0 Å². The van der Waals surface area contributed by atoms with Gasteiger partial charge >= 0.3 is 0 Å². The molecule has 2 fully saturated rings. The van der Waals surface area contributed by atoms with Gasteiger partial charge in [-0.3, -0.25) is 4.79 Å². The quantitative estimate of drug-likeness (QED) is 0.825. The van der Waals surface area contributed by atoms with E-state index in [9.17, 15) is 4.79 Å². The lowest BCUT2D eigenvalue weighted by molar-refractivity contribution is -0.119. The number of rotatable bonds is 4. The van der Waals surface area contributed by atoms with Gasteiger partial charge in [-0.05, 0) is 50.2 Å². The van der Waals surface area contributed by atoms with Crippen LogP contribution in [-0.4, -0.2) is 43.2 Å². The van der Waals surface area contributed by atoms with E-state index < -0.39 is 6.04 Å². The molecule has 0 saturated carbocycles. The van der Waals surface area contributed by atoms with Crippen molar-refractivity contribution in [1.82, 2.24) is 4.98 Å². The number of amides is 1. The second kappa shape index (κ2) is 10.8. The summed E-state index contributed by atoms with van der Waals surface area (Å²) in [7, 11) is 0. The molecule has 0 aliphatic carbocycles. The van der Waals surface area contributed by atoms with Crippen molar-refractivity contribution in [2.24, 2.45) is 11.7 Å². The van der Waals surface area contributed by atoms with E-state index in [1.54, 1.807) is 6.20 Å². The summed E-state index contributed by atoms with van der Waals surface area (Å²) >= 11 is 0. The second-order valence-corrected chi connectivity index (χ2v) is 6.42. The van der Waals surface area contributed by atoms with Crippen LogP contribution >= 0.6 is 24.8 Å². The maximum Gasteiger partial charge on any atom is 0.241 e. The van der Waals surface area contributed by atoms with E-state index in [0.717, 1.165) is 31.7 Å². The molecular weight excluding hydrogens is 363 g/mol. The summed E-state index contributed by atoms with van der Waals surface area (Å²) in [6.07, 6.45) is 7.16. The number of pyridine rings is 1. The van der Waals surface area contributed by atoms with Crippen molar-refractivity contribution in [2.45, 2.75) is 38.1 Å². The van der Waals surface area contributed by atoms with Gasteiger partial charge in [0.05, 0.1) is 17.9 Å². The molecule has 2 saturated heterocycles. The monoisotopic (exact) mass is 390 g/mol. The lowest BCUT2D eigenvalue weighted by atomic mass is 9.92. The smallest absolute Gasteiger partial charge is 0.241 e. The summed E-state index contributed by atoms with van der Waals surface area (Å²) in [4.78, 5) is 19.1. The molecule has 0 radical (unpaired) electrons. The molecule has 6 nitrogen and oxygen atoms in total. The van der Waals surface area contributed by atoms with Crippen LogP contribution in [0.4, 0.5) is 11.5 Å². The predicted molar refractivity (Wildman–Crippen MR) is 105 cm³/mol. The van der Waals surface area contributed by atoms with Crippen molar-refractivity contribution in [3.63, 3.8) is 0 Å². The van der Waals surface area contributed by atoms with Gasteiger partial charge < -0.3 is 20.7 Å². The Balaban J connectivity index is 0.00000156. The van der Waals surface area contributed by atoms with Crippen LogP contribution in [-0.2, 0) is 9.53 Å². The topological polar surface area (TPSA) is 80.5 Å². The number of nitrogens with one attached hydrogen (secondary N) is 1. The Kier molecular flexibility index (Phi) is 9.50. The molecule has 3 heterocycles. The molecule has 2 aliphatic rings. The predicted octanol–water partition coefficient (Wildman–Crippen LogP) is 2.61. The number of ether oxygens (including phenoxy) is 1. The fourth-order valence-corrected chi connectivity index (χ4v) is 3.28. The van der Waals surface area contributed by atoms with E-state index in [1.165, 1.54) is 19.3 Å². The third kappa shape index (κ3) is 5.99. The number of anilines is 2. The van der Waals surface area contributed by atoms with Crippen molar-refractivity contribution in [3.8, 4) is 0 Å². The first kappa shape index (κ1) is 22.0. The van der Waals surface area contributed by atoms with Crippen LogP contribution in [0.1, 0.15) is 32.1 Å². The van der Waals surface area contributed by atoms with Gasteiger partial charge in [0.1, 0.15) is 5.82 Å². The molecule has 0 spiro atoms. The molecule has 8 heteroatoms. The minimum absolute atomic E-state index is 0. The van der Waals surface area contributed by atoms with Crippen LogP contribution in [0.25, 0.3) is 0 Å². The van der Waals surface area contributed by atoms with Gasteiger partial charge in [0.2, 0.25) is 5.91 Å². The number of hydrogen-bond acceptors (Lipinski definition) is 5. The first-order chi connectivity index (χ1) is 11.2. The number of aromatic nitrogens is 1. The highest BCUT2D eigenvalue weighted by molar-refractivity contribution is 5.94. The first-order valence-corrected chi connectivity index (χ1v) is 8.59. The average molecular weight is 391 g/mol. The van der Waals surface area contributed by atoms with E-state index in [1.807, 2.05) is 12.1 Å². The van der Waals surface area contributed by atoms with Crippen LogP contribution in [0.5, 0.6) is 0 Å². The van der Waals surface area contributed by atoms with Crippen molar-refractivity contribution < 1.29 is 9.53 Å². The van der Waals surface area contributed by atoms with E-state index in [2.05, 4.69) is 15.2 Å². The highest BCUT2D eigenvalue weighted by atomic mass is 35.5. The largest absolute Gasteiger partial charge is 0.381 e. The van der Waals surface area contributed by atoms with Crippen LogP contribution < -0.4 is 16.0 Å². The summed E-state index contributed by atoms with van der Waals surface area (Å²) in [5.41, 5.74) is 6.80. The number of nitrogens with zero attached hydrogens (tertiary/aromatic N) is 2. The van der Waals surface area contributed by atoms with Crippen molar-refractivity contribution in [2.75, 3.05) is 36.5 Å². The Morgan fingerprint density at radius 1 is 1.20 bits per heavy atom. The summed E-state index contributed by atoms with van der Waals surface area (Å²) in [5, 5.41) is 2.88. The third-order valence-corrected chi connectivity index (χ3v) is 4.77. The highest BCUT2D eigenvalue weighted by Gasteiger charge is 2.26. The number of halogens is 2. The Bertz CT molecular complexity index is 518. The highest BCUT2D eigenvalue weighted by Crippen LogP contribution is 2.21. The van der Waals surface area contributed by atoms with Gasteiger partial charge in [0.15, 0.2) is 0 Å². The van der Waals surface area contributed by atoms with Crippen molar-refractivity contribution in [1.29, 1.82) is 0 Å². The molecule has 1 aromatic rings. The maximum absolute atomic E-state index is 12.3. The first-order valence-electron chi connectivity index (χ1n) is 8.59. The molecule has 1 unspecified atom stereocenters. The minimum atomic E-state index is -0.485. The Hall–Kier alpha value is -1.08. The van der Waals surface area contributed by atoms with E-state index in [0.29, 0.717) is 18.9 Å². The molecule has 3 N–H and O–H groups in total. The molecule has 1 amide bonds. The van der Waals surface area contributed by atoms with Crippen LogP contribution in [0.15, 0.2) is 18.3 Å². The number of nitrogens with two attached hydrogens (primary N) is 1. The average Bonchev–Trinajstić information content (AvgIpc) is 2.63. The Labute approximate surface area is 161 Å². The van der Waals surface area contributed by atoms with E-state index in [4.69, 9.17) is 10.5 Å². The zero-order valence-electron chi connectivity index (χ0n) is 14.4. The molecule has 0 bridgehead atoms. The van der Waals surface area contributed by atoms with Crippen LogP contribution in [0.3, 0.4) is 0 Å². The van der Waals surface area contributed by atoms with Gasteiger partial charge in [-0.1, -0.05) is 0 Å². The summed E-state index contributed by atoms with van der Waals surface area (Å²) in [5.74, 6) is 1.05. The minimum Gasteiger partial charge on any atom is -0.381 e. The van der Waals surface area contributed by atoms with Crippen molar-refractivity contribution >= 4 is 42.2 Å². The molecule has 3 rings (SSSR count). The lowest BCUT2D eigenvalue weighted by Gasteiger charge is -2.28. The zero-order chi connectivity index (χ0) is 16.1. The van der Waals surface area contributed by atoms with Crippen molar-refractivity contribution in [3.05, 3.63) is 18.3 Å². The summed E-state index contributed by atoms with van der Waals surface area (Å²) < 4.78 is 5.32. The maximum atomic E-state index is 12.3. The van der Waals surface area contributed by atoms with Gasteiger partial charge in [-0.2, -0.15) is 0 Å². The van der Waals surface area contributed by atoms with Crippen LogP contribution in [0, 0.1) is 5.92 Å². The normalized spacial score (nSPS) is 19.3. The standard InChI is InChI=1S/C17H26N4O2.2ClH/c18-16(13-6-10-23-11-7-13)17(22)20-14-4-5-15(19-12-14)21-8-2-1-3-9-21;;/h4-5,12-13,16H,1-3,6-11,18H2,(H,20,22);2*1H. The molecule has 25 heavy (non-hydrogen) atoms. The number of carbonyl (C=O) groups excluding carboxylic acids is 1. The Morgan fingerprint density at radius 2 is 1.88 bits per heavy atom. The zero-order valence-corrected chi connectivity index (χ0v) is 16.0. The molecule has 0 aromatic carbocycles. The Morgan fingerprint density at radius 3 is 2.48 bits per heavy atom. The molecule has 142 valence electrons. The third-order valence-electron chi connectivity index (χ3n) is 4.77. The van der Waals surface area contributed by atoms with Gasteiger partial charge in [0, 0.05) is 26.3 Å². The van der Waals surface area contributed by atoms with Gasteiger partial charge in [-0.15, -0.1) is 24.8 Å². The second-order valence-electron chi connectivity index (χ2n) is 6.42. The number of carbonyl (C=O) groups is 1. The molecule has 1 aromatic heterocycles. The van der Waals surface area contributed by atoms with Gasteiger partial charge in [-0.25, -0.2) is 4.98 Å². The fourth-order valence-electron chi connectivity index (χ4n) is 3.28. The number of hydrogen-bond donors (Lipinski definition) is 2. The molecular formula is C17H28Cl2N4O2. The SMILES string of the molecule is Cl.Cl.NC(C(=O)Nc1ccc(N2CCCCC2)nc1)C1CCOCC1. The lowest BCUT2D eigenvalue weighted by Crippen LogP contribution is -2.44. The number of piperidine rings is 1. The molecule has 1 atom stereocenters. The van der Waals surface area contributed by atoms with E-state index in [-0.39, 0.29) is 36.6 Å². The fraction of sp³-hybridized carbons (Fsp3) is 0.647. The summed E-state index contributed by atoms with van der Waals surface area (Å²) in [6.45, 7) is 3.51. The molecule has 2 aliphatic heterocycles. The summed E-state index contributed by atoms with van der Waals surface area (Å²) in [6, 6.07) is 3.40. The van der Waals surface area contributed by atoms with Gasteiger partial charge in [0.25, 0.3) is 0 Å².